The van der Waals surface area contributed by atoms with Crippen molar-refractivity contribution in [2.75, 3.05) is 0 Å². The lowest BCUT2D eigenvalue weighted by Crippen LogP contribution is -2.18. The van der Waals surface area contributed by atoms with Gasteiger partial charge in [-0.25, -0.2) is 5.01 Å². The van der Waals surface area contributed by atoms with Crippen molar-refractivity contribution in [2.45, 2.75) is 6.92 Å². The molecule has 1 heterocycles. The average molecular weight is 210 g/mol. The first kappa shape index (κ1) is 10.4. The van der Waals surface area contributed by atoms with Crippen LogP contribution in [0, 0.1) is 0 Å². The summed E-state index contributed by atoms with van der Waals surface area (Å²) in [6.07, 6.45) is 3.71. The maximum absolute atomic E-state index is 4.46. The van der Waals surface area contributed by atoms with Crippen LogP contribution in [-0.4, -0.2) is 10.7 Å². The number of benzene rings is 1. The fourth-order valence-electron chi connectivity index (χ4n) is 1.58. The lowest BCUT2D eigenvalue weighted by atomic mass is 10.1. The Kier molecular flexibility index (Phi) is 2.73. The van der Waals surface area contributed by atoms with Gasteiger partial charge in [0.15, 0.2) is 0 Å². The molecule has 0 aromatic heterocycles. The molecule has 0 saturated heterocycles. The predicted octanol–water partition coefficient (Wildman–Crippen LogP) is 3.31. The molecule has 1 aliphatic rings. The van der Waals surface area contributed by atoms with Crippen molar-refractivity contribution in [3.63, 3.8) is 0 Å². The van der Waals surface area contributed by atoms with Crippen molar-refractivity contribution in [3.05, 3.63) is 72.6 Å². The molecular formula is C14H14N2. The van der Waals surface area contributed by atoms with Crippen LogP contribution in [0.1, 0.15) is 12.5 Å². The monoisotopic (exact) mass is 210 g/mol. The highest BCUT2D eigenvalue weighted by Crippen LogP contribution is 2.21. The highest BCUT2D eigenvalue weighted by atomic mass is 15.5. The second kappa shape index (κ2) is 4.19. The fourth-order valence-corrected chi connectivity index (χ4v) is 1.58. The summed E-state index contributed by atoms with van der Waals surface area (Å²) in [5.74, 6) is 0. The average Bonchev–Trinajstić information content (AvgIpc) is 2.33. The summed E-state index contributed by atoms with van der Waals surface area (Å²) < 4.78 is 0. The number of hydrogen-bond acceptors (Lipinski definition) is 2. The van der Waals surface area contributed by atoms with Gasteiger partial charge >= 0.3 is 0 Å². The van der Waals surface area contributed by atoms with Gasteiger partial charge in [0.2, 0.25) is 0 Å². The van der Waals surface area contributed by atoms with Crippen molar-refractivity contribution in [3.8, 4) is 0 Å². The Hall–Kier alpha value is -2.09. The Morgan fingerprint density at radius 1 is 1.25 bits per heavy atom. The van der Waals surface area contributed by atoms with E-state index in [9.17, 15) is 0 Å². The summed E-state index contributed by atoms with van der Waals surface area (Å²) in [6, 6.07) is 10.1. The molecule has 0 N–H and O–H groups in total. The third-order valence-electron chi connectivity index (χ3n) is 2.54. The van der Waals surface area contributed by atoms with Crippen LogP contribution < -0.4 is 0 Å². The summed E-state index contributed by atoms with van der Waals surface area (Å²) in [5.41, 5.74) is 4.01. The second-order valence-corrected chi connectivity index (χ2v) is 3.65. The Morgan fingerprint density at radius 3 is 2.56 bits per heavy atom. The zero-order chi connectivity index (χ0) is 11.5. The van der Waals surface area contributed by atoms with Crippen LogP contribution in [0.5, 0.6) is 0 Å². The molecule has 0 fully saturated rings. The molecule has 0 saturated carbocycles. The normalized spacial score (nSPS) is 15.6. The molecule has 0 radical (unpaired) electrons. The van der Waals surface area contributed by atoms with Gasteiger partial charge in [-0.05, 0) is 18.6 Å². The smallest absolute Gasteiger partial charge is 0.0915 e. The molecule has 0 aliphatic carbocycles. The first-order chi connectivity index (χ1) is 7.72. The zero-order valence-corrected chi connectivity index (χ0v) is 9.35. The van der Waals surface area contributed by atoms with Crippen molar-refractivity contribution in [1.29, 1.82) is 0 Å². The summed E-state index contributed by atoms with van der Waals surface area (Å²) in [4.78, 5) is 0. The summed E-state index contributed by atoms with van der Waals surface area (Å²) in [6.45, 7) is 9.71. The molecule has 80 valence electrons. The van der Waals surface area contributed by atoms with E-state index in [2.05, 4.69) is 18.3 Å². The van der Waals surface area contributed by atoms with E-state index in [1.54, 1.807) is 11.2 Å². The van der Waals surface area contributed by atoms with E-state index in [1.165, 1.54) is 0 Å². The Labute approximate surface area is 95.9 Å². The molecule has 1 aliphatic heterocycles. The number of nitrogens with zero attached hydrogens (tertiary/aromatic N) is 2. The molecule has 1 aromatic carbocycles. The van der Waals surface area contributed by atoms with Gasteiger partial charge in [-0.3, -0.25) is 0 Å². The molecule has 0 unspecified atom stereocenters. The Morgan fingerprint density at radius 2 is 1.94 bits per heavy atom. The molecule has 16 heavy (non-hydrogen) atoms. The first-order valence-corrected chi connectivity index (χ1v) is 5.16. The molecule has 2 nitrogen and oxygen atoms in total. The summed E-state index contributed by atoms with van der Waals surface area (Å²) in [7, 11) is 0. The maximum atomic E-state index is 4.46. The summed E-state index contributed by atoms with van der Waals surface area (Å²) in [5, 5.41) is 6.16. The van der Waals surface area contributed by atoms with E-state index < -0.39 is 0 Å². The molecular weight excluding hydrogens is 196 g/mol. The lowest BCUT2D eigenvalue weighted by molar-refractivity contribution is 0.506. The van der Waals surface area contributed by atoms with Gasteiger partial charge in [0.05, 0.1) is 11.4 Å². The standard InChI is InChI=1S/C14H14N2/c1-4-16-12(3)11(2)10-14(15-16)13-8-6-5-7-9-13/h4-10H,1,3H2,2H3. The van der Waals surface area contributed by atoms with Crippen molar-refractivity contribution < 1.29 is 0 Å². The zero-order valence-electron chi connectivity index (χ0n) is 9.35. The molecule has 0 bridgehead atoms. The first-order valence-electron chi connectivity index (χ1n) is 5.16. The van der Waals surface area contributed by atoms with Crippen LogP contribution >= 0.6 is 0 Å². The minimum atomic E-state index is 0.870. The number of hydrogen-bond donors (Lipinski definition) is 0. The van der Waals surface area contributed by atoms with Gasteiger partial charge in [-0.15, -0.1) is 0 Å². The largest absolute Gasteiger partial charge is 0.241 e. The van der Waals surface area contributed by atoms with E-state index in [4.69, 9.17) is 0 Å². The quantitative estimate of drug-likeness (QED) is 0.731. The maximum Gasteiger partial charge on any atom is 0.0915 e. The van der Waals surface area contributed by atoms with E-state index in [0.717, 1.165) is 22.5 Å². The van der Waals surface area contributed by atoms with Crippen LogP contribution in [0.4, 0.5) is 0 Å². The minimum absolute atomic E-state index is 0.870. The van der Waals surface area contributed by atoms with E-state index in [-0.39, 0.29) is 0 Å². The number of rotatable bonds is 2. The van der Waals surface area contributed by atoms with Gasteiger partial charge in [0, 0.05) is 11.8 Å². The highest BCUT2D eigenvalue weighted by molar-refractivity contribution is 6.09. The minimum Gasteiger partial charge on any atom is -0.241 e. The van der Waals surface area contributed by atoms with Gasteiger partial charge in [0.1, 0.15) is 0 Å². The van der Waals surface area contributed by atoms with Crippen LogP contribution in [0.15, 0.2) is 72.1 Å². The van der Waals surface area contributed by atoms with Crippen LogP contribution in [0.25, 0.3) is 0 Å². The van der Waals surface area contributed by atoms with E-state index >= 15 is 0 Å². The van der Waals surface area contributed by atoms with Gasteiger partial charge in [-0.1, -0.05) is 43.5 Å². The second-order valence-electron chi connectivity index (χ2n) is 3.65. The van der Waals surface area contributed by atoms with Crippen LogP contribution in [0.3, 0.4) is 0 Å². The molecule has 0 spiro atoms. The highest BCUT2D eigenvalue weighted by Gasteiger charge is 2.13. The number of hydrazone groups is 1. The third-order valence-corrected chi connectivity index (χ3v) is 2.54. The fraction of sp³-hybridized carbons (Fsp3) is 0.0714. The molecule has 0 amide bonds. The summed E-state index contributed by atoms with van der Waals surface area (Å²) >= 11 is 0. The van der Waals surface area contributed by atoms with Crippen molar-refractivity contribution in [1.82, 2.24) is 5.01 Å². The van der Waals surface area contributed by atoms with Gasteiger partial charge in [-0.2, -0.15) is 5.10 Å². The molecule has 2 heteroatoms. The SMILES string of the molecule is C=CN1N=C(c2ccccc2)C=C(C)C1=C. The molecule has 2 rings (SSSR count). The third kappa shape index (κ3) is 1.82. The number of allylic oxidation sites excluding steroid dienone is 2. The van der Waals surface area contributed by atoms with Crippen LogP contribution in [-0.2, 0) is 0 Å². The van der Waals surface area contributed by atoms with E-state index in [1.807, 2.05) is 43.3 Å². The van der Waals surface area contributed by atoms with Gasteiger partial charge in [0.25, 0.3) is 0 Å². The Balaban J connectivity index is 2.43. The molecule has 0 atom stereocenters. The van der Waals surface area contributed by atoms with Gasteiger partial charge < -0.3 is 0 Å². The lowest BCUT2D eigenvalue weighted by Gasteiger charge is -2.23. The Bertz CT molecular complexity index is 481. The van der Waals surface area contributed by atoms with E-state index in [0.29, 0.717) is 0 Å². The predicted molar refractivity (Wildman–Crippen MR) is 67.9 cm³/mol. The van der Waals surface area contributed by atoms with Crippen molar-refractivity contribution >= 4 is 5.71 Å². The van der Waals surface area contributed by atoms with Crippen LogP contribution in [0.2, 0.25) is 0 Å². The topological polar surface area (TPSA) is 15.6 Å². The van der Waals surface area contributed by atoms with Crippen molar-refractivity contribution in [2.24, 2.45) is 5.10 Å². The molecule has 1 aromatic rings.